The molecule has 11 heavy (non-hydrogen) atoms. The molecule has 1 aromatic rings. The highest BCUT2D eigenvalue weighted by Gasteiger charge is 1.93. The maximum atomic E-state index is 5.66. The van der Waals surface area contributed by atoms with Crippen LogP contribution in [-0.4, -0.2) is 7.05 Å². The smallest absolute Gasteiger partial charge is 0.0319 e. The molecule has 2 heteroatoms. The number of nitrogens with two attached hydrogens (primary N) is 1. The molecule has 60 valence electrons. The van der Waals surface area contributed by atoms with Gasteiger partial charge in [-0.05, 0) is 37.2 Å². The molecule has 0 bridgehead atoms. The van der Waals surface area contributed by atoms with Crippen molar-refractivity contribution in [3.63, 3.8) is 0 Å². The van der Waals surface area contributed by atoms with Gasteiger partial charge >= 0.3 is 0 Å². The Morgan fingerprint density at radius 2 is 2.09 bits per heavy atom. The van der Waals surface area contributed by atoms with Crippen LogP contribution in [0.25, 0.3) is 0 Å². The van der Waals surface area contributed by atoms with Gasteiger partial charge in [-0.3, -0.25) is 0 Å². The molecule has 0 aliphatic carbocycles. The van der Waals surface area contributed by atoms with Crippen LogP contribution in [0.3, 0.4) is 0 Å². The fraction of sp³-hybridized carbons (Fsp3) is 0.333. The van der Waals surface area contributed by atoms with Crippen molar-refractivity contribution in [3.05, 3.63) is 29.3 Å². The summed E-state index contributed by atoms with van der Waals surface area (Å²) in [5.41, 5.74) is 8.96. The lowest BCUT2D eigenvalue weighted by atomic mass is 10.1. The molecule has 0 amide bonds. The third-order valence-corrected chi connectivity index (χ3v) is 1.54. The van der Waals surface area contributed by atoms with Gasteiger partial charge in [0.05, 0.1) is 0 Å². The maximum Gasteiger partial charge on any atom is 0.0319 e. The molecule has 0 heterocycles. The predicted molar refractivity (Wildman–Crippen MR) is 48.4 cm³/mol. The number of nitrogens with one attached hydrogen (secondary N) is 1. The second kappa shape index (κ2) is 3.39. The number of aryl methyl sites for hydroxylation is 1. The van der Waals surface area contributed by atoms with Crippen molar-refractivity contribution in [3.8, 4) is 0 Å². The molecule has 2 nitrogen and oxygen atoms in total. The normalized spacial score (nSPS) is 10.0. The van der Waals surface area contributed by atoms with E-state index in [-0.39, 0.29) is 0 Å². The van der Waals surface area contributed by atoms with Crippen LogP contribution in [-0.2, 0) is 6.54 Å². The van der Waals surface area contributed by atoms with Gasteiger partial charge in [0.25, 0.3) is 0 Å². The number of rotatable bonds is 2. The lowest BCUT2D eigenvalue weighted by Crippen LogP contribution is -2.05. The van der Waals surface area contributed by atoms with E-state index >= 15 is 0 Å². The van der Waals surface area contributed by atoms with Crippen molar-refractivity contribution in [1.29, 1.82) is 0 Å². The highest BCUT2D eigenvalue weighted by molar-refractivity contribution is 5.44. The molecule has 0 aliphatic rings. The zero-order valence-electron chi connectivity index (χ0n) is 7.02. The Hall–Kier alpha value is -1.02. The topological polar surface area (TPSA) is 38.0 Å². The Kier molecular flexibility index (Phi) is 2.49. The quantitative estimate of drug-likeness (QED) is 0.623. The van der Waals surface area contributed by atoms with Crippen molar-refractivity contribution < 1.29 is 0 Å². The summed E-state index contributed by atoms with van der Waals surface area (Å²) in [7, 11) is 1.93. The number of anilines is 1. The maximum absolute atomic E-state index is 5.66. The molecule has 0 fully saturated rings. The lowest BCUT2D eigenvalue weighted by molar-refractivity contribution is 0.817. The van der Waals surface area contributed by atoms with E-state index in [4.69, 9.17) is 5.73 Å². The largest absolute Gasteiger partial charge is 0.399 e. The predicted octanol–water partition coefficient (Wildman–Crippen LogP) is 1.30. The van der Waals surface area contributed by atoms with Gasteiger partial charge in [0, 0.05) is 12.2 Å². The van der Waals surface area contributed by atoms with Crippen molar-refractivity contribution in [2.45, 2.75) is 13.5 Å². The minimum Gasteiger partial charge on any atom is -0.399 e. The van der Waals surface area contributed by atoms with E-state index in [9.17, 15) is 0 Å². The molecular weight excluding hydrogens is 136 g/mol. The van der Waals surface area contributed by atoms with Gasteiger partial charge in [-0.15, -0.1) is 0 Å². The standard InChI is InChI=1S/C9H14N2/c1-7-3-8(6-11-2)5-9(10)4-7/h3-5,11H,6,10H2,1-2H3. The molecule has 0 atom stereocenters. The molecule has 0 aliphatic heterocycles. The summed E-state index contributed by atoms with van der Waals surface area (Å²) in [6.45, 7) is 2.93. The molecule has 0 radical (unpaired) electrons. The van der Waals surface area contributed by atoms with E-state index in [1.165, 1.54) is 11.1 Å². The summed E-state index contributed by atoms with van der Waals surface area (Å²) in [6, 6.07) is 6.09. The average molecular weight is 150 g/mol. The van der Waals surface area contributed by atoms with Gasteiger partial charge in [-0.2, -0.15) is 0 Å². The van der Waals surface area contributed by atoms with Gasteiger partial charge in [0.2, 0.25) is 0 Å². The Morgan fingerprint density at radius 3 is 2.64 bits per heavy atom. The third kappa shape index (κ3) is 2.24. The van der Waals surface area contributed by atoms with E-state index in [2.05, 4.69) is 18.3 Å². The molecule has 0 unspecified atom stereocenters. The van der Waals surface area contributed by atoms with Gasteiger partial charge < -0.3 is 11.1 Å². The molecule has 1 aromatic carbocycles. The summed E-state index contributed by atoms with van der Waals surface area (Å²) in [4.78, 5) is 0. The first kappa shape index (κ1) is 8.08. The Labute approximate surface area is 67.4 Å². The van der Waals surface area contributed by atoms with Crippen LogP contribution in [0.4, 0.5) is 5.69 Å². The van der Waals surface area contributed by atoms with E-state index in [0.717, 1.165) is 12.2 Å². The average Bonchev–Trinajstić information content (AvgIpc) is 1.85. The first-order valence-electron chi connectivity index (χ1n) is 3.73. The second-order valence-electron chi connectivity index (χ2n) is 2.78. The fourth-order valence-corrected chi connectivity index (χ4v) is 1.20. The highest BCUT2D eigenvalue weighted by Crippen LogP contribution is 2.10. The van der Waals surface area contributed by atoms with Crippen LogP contribution in [0, 0.1) is 6.92 Å². The highest BCUT2D eigenvalue weighted by atomic mass is 14.8. The van der Waals surface area contributed by atoms with Gasteiger partial charge in [0.1, 0.15) is 0 Å². The first-order valence-corrected chi connectivity index (χ1v) is 3.73. The SMILES string of the molecule is CNCc1cc(C)cc(N)c1. The number of hydrogen-bond donors (Lipinski definition) is 2. The van der Waals surface area contributed by atoms with Crippen molar-refractivity contribution >= 4 is 5.69 Å². The fourth-order valence-electron chi connectivity index (χ4n) is 1.20. The molecule has 0 spiro atoms. The Bertz CT molecular complexity index is 223. The van der Waals surface area contributed by atoms with Crippen molar-refractivity contribution in [2.75, 3.05) is 12.8 Å². The van der Waals surface area contributed by atoms with Crippen LogP contribution in [0.2, 0.25) is 0 Å². The zero-order valence-corrected chi connectivity index (χ0v) is 7.02. The molecule has 3 N–H and O–H groups in total. The summed E-state index contributed by atoms with van der Waals surface area (Å²) < 4.78 is 0. The van der Waals surface area contributed by atoms with E-state index in [0.29, 0.717) is 0 Å². The van der Waals surface area contributed by atoms with Gasteiger partial charge in [-0.25, -0.2) is 0 Å². The monoisotopic (exact) mass is 150 g/mol. The molecule has 0 saturated carbocycles. The molecule has 0 aromatic heterocycles. The number of hydrogen-bond acceptors (Lipinski definition) is 2. The Morgan fingerprint density at radius 1 is 1.36 bits per heavy atom. The number of benzene rings is 1. The molecule has 0 saturated heterocycles. The van der Waals surface area contributed by atoms with Gasteiger partial charge in [0.15, 0.2) is 0 Å². The van der Waals surface area contributed by atoms with E-state index in [1.54, 1.807) is 0 Å². The van der Waals surface area contributed by atoms with Crippen LogP contribution < -0.4 is 11.1 Å². The van der Waals surface area contributed by atoms with Crippen molar-refractivity contribution in [2.24, 2.45) is 0 Å². The van der Waals surface area contributed by atoms with Crippen LogP contribution in [0.1, 0.15) is 11.1 Å². The van der Waals surface area contributed by atoms with Crippen LogP contribution >= 0.6 is 0 Å². The molecule has 1 rings (SSSR count). The minimum atomic E-state index is 0.843. The third-order valence-electron chi connectivity index (χ3n) is 1.54. The second-order valence-corrected chi connectivity index (χ2v) is 2.78. The van der Waals surface area contributed by atoms with Crippen molar-refractivity contribution in [1.82, 2.24) is 5.32 Å². The van der Waals surface area contributed by atoms with Gasteiger partial charge in [-0.1, -0.05) is 6.07 Å². The summed E-state index contributed by atoms with van der Waals surface area (Å²) in [6.07, 6.45) is 0. The summed E-state index contributed by atoms with van der Waals surface area (Å²) >= 11 is 0. The van der Waals surface area contributed by atoms with Crippen LogP contribution in [0.5, 0.6) is 0 Å². The first-order chi connectivity index (χ1) is 5.22. The van der Waals surface area contributed by atoms with Crippen LogP contribution in [0.15, 0.2) is 18.2 Å². The minimum absolute atomic E-state index is 0.843. The number of nitrogen functional groups attached to an aromatic ring is 1. The molecular formula is C9H14N2. The Balaban J connectivity index is 2.89. The lowest BCUT2D eigenvalue weighted by Gasteiger charge is -2.02. The zero-order chi connectivity index (χ0) is 8.27. The summed E-state index contributed by atoms with van der Waals surface area (Å²) in [5, 5.41) is 3.08. The summed E-state index contributed by atoms with van der Waals surface area (Å²) in [5.74, 6) is 0. The van der Waals surface area contributed by atoms with E-state index < -0.39 is 0 Å². The van der Waals surface area contributed by atoms with E-state index in [1.807, 2.05) is 19.2 Å².